The van der Waals surface area contributed by atoms with Crippen LogP contribution in [0.15, 0.2) is 30.3 Å². The van der Waals surface area contributed by atoms with Gasteiger partial charge in [-0.1, -0.05) is 51.1 Å². The molecule has 1 fully saturated rings. The van der Waals surface area contributed by atoms with E-state index in [4.69, 9.17) is 4.74 Å². The van der Waals surface area contributed by atoms with Crippen molar-refractivity contribution in [2.75, 3.05) is 18.0 Å². The van der Waals surface area contributed by atoms with Crippen molar-refractivity contribution in [3.05, 3.63) is 46.5 Å². The average Bonchev–Trinajstić information content (AvgIpc) is 2.97. The molecule has 25 heavy (non-hydrogen) atoms. The molecule has 5 nitrogen and oxygen atoms in total. The zero-order valence-electron chi connectivity index (χ0n) is 15.0. The summed E-state index contributed by atoms with van der Waals surface area (Å²) in [4.78, 5) is 18.6. The molecule has 2 aromatic rings. The Kier molecular flexibility index (Phi) is 4.84. The van der Waals surface area contributed by atoms with Crippen LogP contribution < -0.4 is 4.90 Å². The lowest BCUT2D eigenvalue weighted by atomic mass is 9.87. The maximum absolute atomic E-state index is 11.3. The number of carbonyl (C=O) groups is 1. The van der Waals surface area contributed by atoms with Crippen LogP contribution in [-0.4, -0.2) is 35.3 Å². The van der Waals surface area contributed by atoms with Crippen LogP contribution in [0.3, 0.4) is 0 Å². The van der Waals surface area contributed by atoms with E-state index in [2.05, 4.69) is 42.8 Å². The van der Waals surface area contributed by atoms with Crippen molar-refractivity contribution < 1.29 is 14.6 Å². The number of carboxylic acid groups (broad SMARTS) is 1. The van der Waals surface area contributed by atoms with E-state index < -0.39 is 5.97 Å². The van der Waals surface area contributed by atoms with Crippen molar-refractivity contribution in [1.29, 1.82) is 0 Å². The molecule has 0 aliphatic carbocycles. The molecule has 0 spiro atoms. The number of ether oxygens (including phenoxy) is 1. The van der Waals surface area contributed by atoms with E-state index in [-0.39, 0.29) is 23.3 Å². The third-order valence-corrected chi connectivity index (χ3v) is 5.53. The maximum atomic E-state index is 11.3. The number of aromatic nitrogens is 1. The van der Waals surface area contributed by atoms with Gasteiger partial charge in [-0.2, -0.15) is 0 Å². The van der Waals surface area contributed by atoms with E-state index in [1.54, 1.807) is 6.92 Å². The predicted octanol–water partition coefficient (Wildman–Crippen LogP) is 4.14. The van der Waals surface area contributed by atoms with E-state index in [0.29, 0.717) is 13.1 Å². The highest BCUT2D eigenvalue weighted by Gasteiger charge is 2.37. The molecule has 0 unspecified atom stereocenters. The summed E-state index contributed by atoms with van der Waals surface area (Å²) in [5.41, 5.74) is 1.26. The van der Waals surface area contributed by atoms with Gasteiger partial charge in [-0.3, -0.25) is 0 Å². The van der Waals surface area contributed by atoms with E-state index in [1.165, 1.54) is 11.3 Å². The van der Waals surface area contributed by atoms with Gasteiger partial charge in [0.1, 0.15) is 6.10 Å². The van der Waals surface area contributed by atoms with Crippen LogP contribution in [0.2, 0.25) is 0 Å². The smallest absolute Gasteiger partial charge is 0.355 e. The van der Waals surface area contributed by atoms with Gasteiger partial charge in [0, 0.05) is 11.4 Å². The number of aryl methyl sites for hydroxylation is 1. The largest absolute Gasteiger partial charge is 0.476 e. The molecule has 1 saturated heterocycles. The van der Waals surface area contributed by atoms with Gasteiger partial charge in [-0.25, -0.2) is 9.78 Å². The molecule has 0 saturated carbocycles. The SMILES string of the molecule is Cc1sc(N2C[C@@H](c3ccccc3)O[C@@H](C(C)(C)C)C2)nc1C(=O)O. The van der Waals surface area contributed by atoms with Crippen LogP contribution in [0, 0.1) is 12.3 Å². The fourth-order valence-corrected chi connectivity index (χ4v) is 3.88. The average molecular weight is 360 g/mol. The highest BCUT2D eigenvalue weighted by Crippen LogP contribution is 2.37. The molecule has 1 N–H and O–H groups in total. The Hall–Kier alpha value is -1.92. The van der Waals surface area contributed by atoms with Gasteiger partial charge in [0.15, 0.2) is 10.8 Å². The second-order valence-electron chi connectivity index (χ2n) is 7.50. The second kappa shape index (κ2) is 6.77. The van der Waals surface area contributed by atoms with Crippen LogP contribution in [0.4, 0.5) is 5.13 Å². The van der Waals surface area contributed by atoms with Gasteiger partial charge < -0.3 is 14.7 Å². The van der Waals surface area contributed by atoms with Crippen LogP contribution in [0.5, 0.6) is 0 Å². The Labute approximate surface area is 152 Å². The standard InChI is InChI=1S/C19H24N2O3S/c1-12-16(17(22)23)20-18(25-12)21-10-14(13-8-6-5-7-9-13)24-15(11-21)19(2,3)4/h5-9,14-15H,10-11H2,1-4H3,(H,22,23)/t14-,15+/m0/s1. The van der Waals surface area contributed by atoms with Crippen molar-refractivity contribution in [3.63, 3.8) is 0 Å². The van der Waals surface area contributed by atoms with Gasteiger partial charge in [0.25, 0.3) is 0 Å². The minimum atomic E-state index is -0.972. The highest BCUT2D eigenvalue weighted by atomic mass is 32.1. The zero-order chi connectivity index (χ0) is 18.2. The summed E-state index contributed by atoms with van der Waals surface area (Å²) in [6, 6.07) is 10.2. The number of rotatable bonds is 3. The number of benzene rings is 1. The topological polar surface area (TPSA) is 62.7 Å². The minimum Gasteiger partial charge on any atom is -0.476 e. The first-order chi connectivity index (χ1) is 11.8. The summed E-state index contributed by atoms with van der Waals surface area (Å²) < 4.78 is 6.39. The first kappa shape index (κ1) is 17.9. The molecule has 2 heterocycles. The lowest BCUT2D eigenvalue weighted by molar-refractivity contribution is -0.0791. The Morgan fingerprint density at radius 1 is 1.28 bits per heavy atom. The van der Waals surface area contributed by atoms with Crippen LogP contribution >= 0.6 is 11.3 Å². The summed E-state index contributed by atoms with van der Waals surface area (Å²) in [5.74, 6) is -0.972. The maximum Gasteiger partial charge on any atom is 0.355 e. The fraction of sp³-hybridized carbons (Fsp3) is 0.474. The van der Waals surface area contributed by atoms with Gasteiger partial charge in [0.2, 0.25) is 0 Å². The Bertz CT molecular complexity index is 752. The molecule has 0 bridgehead atoms. The molecule has 0 radical (unpaired) electrons. The fourth-order valence-electron chi connectivity index (χ4n) is 2.96. The molecule has 2 atom stereocenters. The van der Waals surface area contributed by atoms with E-state index >= 15 is 0 Å². The highest BCUT2D eigenvalue weighted by molar-refractivity contribution is 7.15. The summed E-state index contributed by atoms with van der Waals surface area (Å²) in [6.07, 6.45) is -0.0272. The molecule has 1 aliphatic rings. The van der Waals surface area contributed by atoms with Gasteiger partial charge >= 0.3 is 5.97 Å². The second-order valence-corrected chi connectivity index (χ2v) is 8.68. The first-order valence-corrected chi connectivity index (χ1v) is 9.23. The molecular weight excluding hydrogens is 336 g/mol. The minimum absolute atomic E-state index is 0.0202. The third-order valence-electron chi connectivity index (χ3n) is 4.50. The molecule has 1 aromatic heterocycles. The number of anilines is 1. The summed E-state index contributed by atoms with van der Waals surface area (Å²) in [7, 11) is 0. The van der Waals surface area contributed by atoms with Crippen LogP contribution in [0.1, 0.15) is 47.8 Å². The molecule has 0 amide bonds. The molecule has 6 heteroatoms. The number of nitrogens with zero attached hydrogens (tertiary/aromatic N) is 2. The van der Waals surface area contributed by atoms with E-state index in [0.717, 1.165) is 15.6 Å². The van der Waals surface area contributed by atoms with Gasteiger partial charge in [-0.05, 0) is 17.9 Å². The Morgan fingerprint density at radius 3 is 2.52 bits per heavy atom. The van der Waals surface area contributed by atoms with Crippen LogP contribution in [-0.2, 0) is 4.74 Å². The van der Waals surface area contributed by atoms with Crippen molar-refractivity contribution in [3.8, 4) is 0 Å². The summed E-state index contributed by atoms with van der Waals surface area (Å²) in [5, 5.41) is 10.0. The number of aromatic carboxylic acids is 1. The lowest BCUT2D eigenvalue weighted by Gasteiger charge is -2.43. The molecule has 1 aliphatic heterocycles. The molecule has 134 valence electrons. The van der Waals surface area contributed by atoms with E-state index in [9.17, 15) is 9.90 Å². The first-order valence-electron chi connectivity index (χ1n) is 8.42. The molecule has 1 aromatic carbocycles. The van der Waals surface area contributed by atoms with E-state index in [1.807, 2.05) is 18.2 Å². The monoisotopic (exact) mass is 360 g/mol. The normalized spacial score (nSPS) is 21.4. The van der Waals surface area contributed by atoms with Crippen molar-refractivity contribution >= 4 is 22.4 Å². The van der Waals surface area contributed by atoms with Gasteiger partial charge in [-0.15, -0.1) is 11.3 Å². The van der Waals surface area contributed by atoms with Crippen molar-refractivity contribution in [2.24, 2.45) is 5.41 Å². The van der Waals surface area contributed by atoms with Crippen molar-refractivity contribution in [1.82, 2.24) is 4.98 Å². The number of carboxylic acids is 1. The van der Waals surface area contributed by atoms with Gasteiger partial charge in [0.05, 0.1) is 12.6 Å². The summed E-state index contributed by atoms with van der Waals surface area (Å²) in [6.45, 7) is 9.68. The van der Waals surface area contributed by atoms with Crippen molar-refractivity contribution in [2.45, 2.75) is 39.9 Å². The lowest BCUT2D eigenvalue weighted by Crippen LogP contribution is -2.49. The predicted molar refractivity (Wildman–Crippen MR) is 99.5 cm³/mol. The molecule has 3 rings (SSSR count). The Balaban J connectivity index is 1.92. The van der Waals surface area contributed by atoms with Crippen LogP contribution in [0.25, 0.3) is 0 Å². The third kappa shape index (κ3) is 3.85. The molecular formula is C19H24N2O3S. The zero-order valence-corrected chi connectivity index (χ0v) is 15.8. The summed E-state index contributed by atoms with van der Waals surface area (Å²) >= 11 is 1.44. The quantitative estimate of drug-likeness (QED) is 0.891. The Morgan fingerprint density at radius 2 is 1.96 bits per heavy atom. The number of morpholine rings is 1. The number of hydrogen-bond acceptors (Lipinski definition) is 5. The number of hydrogen-bond donors (Lipinski definition) is 1. The number of thiazole rings is 1.